The molecule has 4 nitrogen and oxygen atoms in total. The lowest BCUT2D eigenvalue weighted by atomic mass is 9.87. The predicted octanol–water partition coefficient (Wildman–Crippen LogP) is 1.82. The van der Waals surface area contributed by atoms with E-state index in [-0.39, 0.29) is 12.0 Å². The first-order valence-electron chi connectivity index (χ1n) is 6.15. The van der Waals surface area contributed by atoms with Crippen molar-refractivity contribution >= 4 is 17.1 Å². The fourth-order valence-corrected chi connectivity index (χ4v) is 2.49. The fraction of sp³-hybridized carbons (Fsp3) is 0.538. The van der Waals surface area contributed by atoms with Crippen molar-refractivity contribution in [3.63, 3.8) is 0 Å². The van der Waals surface area contributed by atoms with Gasteiger partial charge in [0.15, 0.2) is 0 Å². The molecule has 1 saturated carbocycles. The van der Waals surface area contributed by atoms with Gasteiger partial charge < -0.3 is 21.9 Å². The molecule has 6 N–H and O–H groups in total. The number of nitrogens with two attached hydrogens (primary N) is 2. The zero-order valence-corrected chi connectivity index (χ0v) is 10.1. The van der Waals surface area contributed by atoms with Crippen LogP contribution >= 0.6 is 0 Å². The molecule has 2 rings (SSSR count). The van der Waals surface area contributed by atoms with Gasteiger partial charge in [-0.3, -0.25) is 0 Å². The summed E-state index contributed by atoms with van der Waals surface area (Å²) in [6.07, 6.45) is 4.63. The first-order valence-corrected chi connectivity index (χ1v) is 6.15. The van der Waals surface area contributed by atoms with Gasteiger partial charge >= 0.3 is 0 Å². The van der Waals surface area contributed by atoms with Crippen LogP contribution in [0.2, 0.25) is 0 Å². The van der Waals surface area contributed by atoms with Crippen molar-refractivity contribution in [2.24, 2.45) is 5.41 Å². The van der Waals surface area contributed by atoms with Crippen LogP contribution in [0.4, 0.5) is 17.1 Å². The quantitative estimate of drug-likeness (QED) is 0.600. The van der Waals surface area contributed by atoms with Crippen molar-refractivity contribution < 1.29 is 5.11 Å². The van der Waals surface area contributed by atoms with Crippen LogP contribution in [0.25, 0.3) is 0 Å². The Morgan fingerprint density at radius 3 is 2.47 bits per heavy atom. The minimum absolute atomic E-state index is 0.0517. The number of hydrogen-bond acceptors (Lipinski definition) is 4. The predicted molar refractivity (Wildman–Crippen MR) is 71.7 cm³/mol. The first-order chi connectivity index (χ1) is 8.15. The molecule has 0 heterocycles. The highest BCUT2D eigenvalue weighted by Crippen LogP contribution is 2.37. The Labute approximate surface area is 102 Å². The van der Waals surface area contributed by atoms with E-state index in [1.54, 1.807) is 6.07 Å². The lowest BCUT2D eigenvalue weighted by Gasteiger charge is -2.27. The molecule has 1 fully saturated rings. The van der Waals surface area contributed by atoms with Gasteiger partial charge in [-0.2, -0.15) is 0 Å². The van der Waals surface area contributed by atoms with Gasteiger partial charge in [0, 0.05) is 17.6 Å². The maximum Gasteiger partial charge on any atom is 0.0568 e. The van der Waals surface area contributed by atoms with Gasteiger partial charge in [-0.15, -0.1) is 0 Å². The van der Waals surface area contributed by atoms with E-state index in [0.29, 0.717) is 11.4 Å². The summed E-state index contributed by atoms with van der Waals surface area (Å²) in [5, 5.41) is 12.9. The standard InChI is InChI=1S/C13H21N3O/c14-11-4-3-10(7-12(11)15)16-8-13(9-17)5-1-2-6-13/h3-4,7,16-17H,1-2,5-6,8-9,14-15H2. The number of hydrogen-bond donors (Lipinski definition) is 4. The van der Waals surface area contributed by atoms with E-state index in [1.165, 1.54) is 12.8 Å². The molecule has 0 unspecified atom stereocenters. The molecular formula is C13H21N3O. The molecule has 1 aliphatic rings. The maximum absolute atomic E-state index is 9.51. The highest BCUT2D eigenvalue weighted by molar-refractivity contribution is 5.69. The Hall–Kier alpha value is -1.42. The largest absolute Gasteiger partial charge is 0.397 e. The molecule has 1 aromatic carbocycles. The molecule has 0 atom stereocenters. The number of aliphatic hydroxyl groups is 1. The third kappa shape index (κ3) is 2.64. The number of nitrogens with one attached hydrogen (secondary N) is 1. The Kier molecular flexibility index (Phi) is 3.43. The van der Waals surface area contributed by atoms with Crippen LogP contribution in [-0.4, -0.2) is 18.3 Å². The summed E-state index contributed by atoms with van der Waals surface area (Å²) in [6, 6.07) is 5.57. The van der Waals surface area contributed by atoms with E-state index >= 15 is 0 Å². The van der Waals surface area contributed by atoms with Crippen molar-refractivity contribution in [3.8, 4) is 0 Å². The number of rotatable bonds is 4. The van der Waals surface area contributed by atoms with Crippen LogP contribution in [-0.2, 0) is 0 Å². The molecule has 94 valence electrons. The highest BCUT2D eigenvalue weighted by atomic mass is 16.3. The summed E-state index contributed by atoms with van der Waals surface area (Å²) in [5.74, 6) is 0. The van der Waals surface area contributed by atoms with Crippen molar-refractivity contribution in [1.82, 2.24) is 0 Å². The molecule has 1 aliphatic carbocycles. The van der Waals surface area contributed by atoms with Gasteiger partial charge in [0.1, 0.15) is 0 Å². The topological polar surface area (TPSA) is 84.3 Å². The second kappa shape index (κ2) is 4.84. The zero-order chi connectivity index (χ0) is 12.3. The van der Waals surface area contributed by atoms with Gasteiger partial charge in [0.25, 0.3) is 0 Å². The molecule has 0 spiro atoms. The Balaban J connectivity index is 1.99. The van der Waals surface area contributed by atoms with Crippen LogP contribution in [0.15, 0.2) is 18.2 Å². The summed E-state index contributed by atoms with van der Waals surface area (Å²) >= 11 is 0. The SMILES string of the molecule is Nc1ccc(NCC2(CO)CCCC2)cc1N. The number of nitrogen functional groups attached to an aromatic ring is 2. The van der Waals surface area contributed by atoms with E-state index in [9.17, 15) is 5.11 Å². The van der Waals surface area contributed by atoms with Crippen molar-refractivity contribution in [1.29, 1.82) is 0 Å². The average molecular weight is 235 g/mol. The summed E-state index contributed by atoms with van der Waals surface area (Å²) in [7, 11) is 0. The van der Waals surface area contributed by atoms with Crippen molar-refractivity contribution in [2.75, 3.05) is 29.9 Å². The van der Waals surface area contributed by atoms with Crippen molar-refractivity contribution in [2.45, 2.75) is 25.7 Å². The second-order valence-electron chi connectivity index (χ2n) is 5.06. The Morgan fingerprint density at radius 1 is 1.18 bits per heavy atom. The monoisotopic (exact) mass is 235 g/mol. The van der Waals surface area contributed by atoms with E-state index in [2.05, 4.69) is 5.32 Å². The first kappa shape index (κ1) is 12.0. The molecule has 0 aromatic heterocycles. The minimum Gasteiger partial charge on any atom is -0.397 e. The summed E-state index contributed by atoms with van der Waals surface area (Å²) in [4.78, 5) is 0. The lowest BCUT2D eigenvalue weighted by molar-refractivity contribution is 0.142. The molecule has 0 aliphatic heterocycles. The van der Waals surface area contributed by atoms with E-state index in [1.807, 2.05) is 12.1 Å². The van der Waals surface area contributed by atoms with Crippen LogP contribution in [0.3, 0.4) is 0 Å². The Morgan fingerprint density at radius 2 is 1.88 bits per heavy atom. The van der Waals surface area contributed by atoms with Gasteiger partial charge in [-0.25, -0.2) is 0 Å². The number of aliphatic hydroxyl groups excluding tert-OH is 1. The van der Waals surface area contributed by atoms with Crippen LogP contribution in [0, 0.1) is 5.41 Å². The normalized spacial score (nSPS) is 18.2. The van der Waals surface area contributed by atoms with Gasteiger partial charge in [-0.1, -0.05) is 12.8 Å². The summed E-state index contributed by atoms with van der Waals surface area (Å²) < 4.78 is 0. The van der Waals surface area contributed by atoms with Crippen molar-refractivity contribution in [3.05, 3.63) is 18.2 Å². The molecule has 4 heteroatoms. The molecule has 0 saturated heterocycles. The molecule has 0 amide bonds. The molecule has 0 radical (unpaired) electrons. The fourth-order valence-electron chi connectivity index (χ4n) is 2.49. The van der Waals surface area contributed by atoms with Gasteiger partial charge in [0.05, 0.1) is 18.0 Å². The summed E-state index contributed by atoms with van der Waals surface area (Å²) in [5.41, 5.74) is 13.6. The average Bonchev–Trinajstić information content (AvgIpc) is 2.80. The third-order valence-corrected chi connectivity index (χ3v) is 3.75. The van der Waals surface area contributed by atoms with E-state index in [4.69, 9.17) is 11.5 Å². The molecule has 17 heavy (non-hydrogen) atoms. The Bertz CT molecular complexity index is 386. The third-order valence-electron chi connectivity index (χ3n) is 3.75. The molecule has 1 aromatic rings. The van der Waals surface area contributed by atoms with Crippen LogP contribution in [0.1, 0.15) is 25.7 Å². The second-order valence-corrected chi connectivity index (χ2v) is 5.06. The lowest BCUT2D eigenvalue weighted by Crippen LogP contribution is -2.30. The van der Waals surface area contributed by atoms with Crippen LogP contribution in [0.5, 0.6) is 0 Å². The van der Waals surface area contributed by atoms with Gasteiger partial charge in [-0.05, 0) is 31.0 Å². The molecular weight excluding hydrogens is 214 g/mol. The number of benzene rings is 1. The molecule has 0 bridgehead atoms. The summed E-state index contributed by atoms with van der Waals surface area (Å²) in [6.45, 7) is 1.05. The van der Waals surface area contributed by atoms with E-state index < -0.39 is 0 Å². The number of anilines is 3. The minimum atomic E-state index is 0.0517. The maximum atomic E-state index is 9.51. The van der Waals surface area contributed by atoms with Crippen LogP contribution < -0.4 is 16.8 Å². The zero-order valence-electron chi connectivity index (χ0n) is 10.1. The van der Waals surface area contributed by atoms with E-state index in [0.717, 1.165) is 25.1 Å². The van der Waals surface area contributed by atoms with Gasteiger partial charge in [0.2, 0.25) is 0 Å². The smallest absolute Gasteiger partial charge is 0.0568 e. The highest BCUT2D eigenvalue weighted by Gasteiger charge is 2.32.